The number of hydrogen-bond donors (Lipinski definition) is 3. The zero-order valence-corrected chi connectivity index (χ0v) is 10.1. The Kier molecular flexibility index (Phi) is 2.35. The van der Waals surface area contributed by atoms with Gasteiger partial charge in [0.15, 0.2) is 5.75 Å². The first-order chi connectivity index (χ1) is 9.10. The van der Waals surface area contributed by atoms with Crippen LogP contribution >= 0.6 is 0 Å². The van der Waals surface area contributed by atoms with Gasteiger partial charge in [0, 0.05) is 17.0 Å². The molecule has 0 aromatic heterocycles. The number of ether oxygens (including phenoxy) is 1. The Labute approximate surface area is 108 Å². The van der Waals surface area contributed by atoms with Crippen LogP contribution < -0.4 is 10.2 Å². The van der Waals surface area contributed by atoms with Crippen molar-refractivity contribution in [3.8, 4) is 28.5 Å². The van der Waals surface area contributed by atoms with E-state index in [4.69, 9.17) is 4.74 Å². The van der Waals surface area contributed by atoms with Crippen LogP contribution in [-0.4, -0.2) is 22.3 Å². The predicted octanol–water partition coefficient (Wildman–Crippen LogP) is 2.05. The third kappa shape index (κ3) is 1.67. The molecule has 3 N–H and O–H groups in total. The number of aromatic nitrogens is 1. The maximum atomic E-state index is 11.9. The second-order valence-corrected chi connectivity index (χ2v) is 4.26. The number of fused-ring (bicyclic) bond motifs is 2. The van der Waals surface area contributed by atoms with Crippen LogP contribution in [0.5, 0.6) is 17.2 Å². The molecule has 96 valence electrons. The summed E-state index contributed by atoms with van der Waals surface area (Å²) in [6.45, 7) is 0. The van der Waals surface area contributed by atoms with Crippen LogP contribution in [0.15, 0.2) is 35.1 Å². The summed E-state index contributed by atoms with van der Waals surface area (Å²) in [5.74, 6) is -0.388. The third-order valence-corrected chi connectivity index (χ3v) is 3.10. The van der Waals surface area contributed by atoms with Crippen molar-refractivity contribution in [2.24, 2.45) is 0 Å². The van der Waals surface area contributed by atoms with E-state index in [2.05, 4.69) is 4.98 Å². The van der Waals surface area contributed by atoms with Gasteiger partial charge in [-0.15, -0.1) is 0 Å². The van der Waals surface area contributed by atoms with Crippen LogP contribution in [0.1, 0.15) is 0 Å². The standard InChI is InChI=1S/C14H11NO4/c1-19-8-2-3-10-7(4-8)5-9-11(15-10)6-12(16)14(18)13(9)17/h2-6,15-16,18H,1H3. The van der Waals surface area contributed by atoms with Gasteiger partial charge in [-0.25, -0.2) is 0 Å². The van der Waals surface area contributed by atoms with E-state index in [-0.39, 0.29) is 0 Å². The van der Waals surface area contributed by atoms with Crippen LogP contribution in [0.4, 0.5) is 0 Å². The first kappa shape index (κ1) is 11.4. The lowest BCUT2D eigenvalue weighted by atomic mass is 10.0. The summed E-state index contributed by atoms with van der Waals surface area (Å²) in [6.07, 6.45) is 0. The van der Waals surface area contributed by atoms with E-state index in [1.807, 2.05) is 6.07 Å². The SMILES string of the molecule is COc1ccc2[nH]c3cc(O)c(O)c(=O)c-3cc2c1. The number of hydrogen-bond acceptors (Lipinski definition) is 4. The number of rotatable bonds is 1. The van der Waals surface area contributed by atoms with E-state index in [1.165, 1.54) is 6.07 Å². The molecule has 0 amide bonds. The van der Waals surface area contributed by atoms with Crippen molar-refractivity contribution >= 4 is 10.9 Å². The number of nitrogens with one attached hydrogen (secondary N) is 1. The molecular weight excluding hydrogens is 246 g/mol. The molecular formula is C14H11NO4. The van der Waals surface area contributed by atoms with Gasteiger partial charge in [0.2, 0.25) is 11.2 Å². The molecule has 1 aromatic carbocycles. The number of aromatic hydroxyl groups is 2. The molecule has 19 heavy (non-hydrogen) atoms. The second-order valence-electron chi connectivity index (χ2n) is 4.26. The Hall–Kier alpha value is -2.69. The van der Waals surface area contributed by atoms with E-state index >= 15 is 0 Å². The summed E-state index contributed by atoms with van der Waals surface area (Å²) in [7, 11) is 1.56. The minimum absolute atomic E-state index is 0.316. The minimum Gasteiger partial charge on any atom is -0.504 e. The van der Waals surface area contributed by atoms with Crippen molar-refractivity contribution in [1.82, 2.24) is 4.98 Å². The van der Waals surface area contributed by atoms with Crippen molar-refractivity contribution in [2.75, 3.05) is 7.11 Å². The summed E-state index contributed by atoms with van der Waals surface area (Å²) in [6, 6.07) is 8.39. The van der Waals surface area contributed by atoms with Crippen molar-refractivity contribution < 1.29 is 14.9 Å². The molecule has 1 heterocycles. The van der Waals surface area contributed by atoms with Gasteiger partial charge in [-0.3, -0.25) is 4.79 Å². The molecule has 0 radical (unpaired) electrons. The van der Waals surface area contributed by atoms with Gasteiger partial charge < -0.3 is 19.9 Å². The Morgan fingerprint density at radius 3 is 2.68 bits per heavy atom. The lowest BCUT2D eigenvalue weighted by molar-refractivity contribution is 0.400. The molecule has 0 fully saturated rings. The molecule has 0 unspecified atom stereocenters. The Bertz CT molecular complexity index is 807. The van der Waals surface area contributed by atoms with E-state index in [9.17, 15) is 15.0 Å². The molecule has 0 spiro atoms. The van der Waals surface area contributed by atoms with Crippen LogP contribution in [0.3, 0.4) is 0 Å². The van der Waals surface area contributed by atoms with Crippen LogP contribution in [0.25, 0.3) is 22.2 Å². The molecule has 5 nitrogen and oxygen atoms in total. The van der Waals surface area contributed by atoms with Gasteiger partial charge in [0.05, 0.1) is 18.4 Å². The Balaban J connectivity index is 2.43. The van der Waals surface area contributed by atoms with Crippen LogP contribution in [0.2, 0.25) is 0 Å². The monoisotopic (exact) mass is 257 g/mol. The van der Waals surface area contributed by atoms with E-state index in [1.54, 1.807) is 25.3 Å². The summed E-state index contributed by atoms with van der Waals surface area (Å²) < 4.78 is 5.13. The lowest BCUT2D eigenvalue weighted by Gasteiger charge is -2.10. The zero-order valence-electron chi connectivity index (χ0n) is 10.1. The highest BCUT2D eigenvalue weighted by atomic mass is 16.5. The highest BCUT2D eigenvalue weighted by Crippen LogP contribution is 2.31. The zero-order chi connectivity index (χ0) is 13.6. The molecule has 0 atom stereocenters. The molecule has 3 rings (SSSR count). The van der Waals surface area contributed by atoms with Crippen molar-refractivity contribution in [1.29, 1.82) is 0 Å². The molecule has 0 bridgehead atoms. The first-order valence-corrected chi connectivity index (χ1v) is 5.66. The lowest BCUT2D eigenvalue weighted by Crippen LogP contribution is -2.06. The van der Waals surface area contributed by atoms with Gasteiger partial charge in [-0.2, -0.15) is 0 Å². The van der Waals surface area contributed by atoms with Crippen molar-refractivity contribution in [3.63, 3.8) is 0 Å². The van der Waals surface area contributed by atoms with E-state index in [0.717, 1.165) is 10.9 Å². The van der Waals surface area contributed by atoms with E-state index in [0.29, 0.717) is 17.0 Å². The fourth-order valence-corrected chi connectivity index (χ4v) is 2.10. The summed E-state index contributed by atoms with van der Waals surface area (Å²) in [5, 5.41) is 19.7. The fourth-order valence-electron chi connectivity index (χ4n) is 2.10. The van der Waals surface area contributed by atoms with Crippen molar-refractivity contribution in [3.05, 3.63) is 40.6 Å². The fraction of sp³-hybridized carbons (Fsp3) is 0.0714. The molecule has 2 aliphatic rings. The van der Waals surface area contributed by atoms with Gasteiger partial charge in [-0.05, 0) is 24.3 Å². The largest absolute Gasteiger partial charge is 0.504 e. The number of aromatic amines is 1. The number of benzene rings is 2. The average Bonchev–Trinajstić information content (AvgIpc) is 2.43. The molecule has 5 heteroatoms. The number of pyridine rings is 1. The van der Waals surface area contributed by atoms with Gasteiger partial charge >= 0.3 is 0 Å². The summed E-state index contributed by atoms with van der Waals surface area (Å²) in [5.41, 5.74) is 0.989. The molecule has 1 aliphatic carbocycles. The topological polar surface area (TPSA) is 82.6 Å². The van der Waals surface area contributed by atoms with Crippen molar-refractivity contribution in [2.45, 2.75) is 0 Å². The molecule has 0 saturated carbocycles. The number of phenols is 2. The average molecular weight is 257 g/mol. The second kappa shape index (κ2) is 3.91. The highest BCUT2D eigenvalue weighted by Gasteiger charge is 2.15. The Morgan fingerprint density at radius 1 is 1.16 bits per heavy atom. The third-order valence-electron chi connectivity index (χ3n) is 3.10. The van der Waals surface area contributed by atoms with Crippen LogP contribution in [-0.2, 0) is 0 Å². The normalized spacial score (nSPS) is 11.0. The van der Waals surface area contributed by atoms with Gasteiger partial charge in [0.25, 0.3) is 0 Å². The first-order valence-electron chi connectivity index (χ1n) is 5.66. The maximum Gasteiger partial charge on any atom is 0.233 e. The number of methoxy groups -OCH3 is 1. The molecule has 1 aromatic rings. The number of H-pyrrole nitrogens is 1. The van der Waals surface area contributed by atoms with Crippen LogP contribution in [0, 0.1) is 0 Å². The summed E-state index contributed by atoms with van der Waals surface area (Å²) >= 11 is 0. The predicted molar refractivity (Wildman–Crippen MR) is 71.1 cm³/mol. The number of phenolic OH excluding ortho intramolecular Hbond substituents is 2. The summed E-state index contributed by atoms with van der Waals surface area (Å²) in [4.78, 5) is 14.9. The molecule has 1 aliphatic heterocycles. The highest BCUT2D eigenvalue weighted by molar-refractivity contribution is 5.87. The smallest absolute Gasteiger partial charge is 0.233 e. The van der Waals surface area contributed by atoms with Gasteiger partial charge in [-0.1, -0.05) is 0 Å². The quantitative estimate of drug-likeness (QED) is 0.460. The Morgan fingerprint density at radius 2 is 1.95 bits per heavy atom. The molecule has 0 saturated heterocycles. The minimum atomic E-state index is -0.636. The van der Waals surface area contributed by atoms with Gasteiger partial charge in [0.1, 0.15) is 5.75 Å². The maximum absolute atomic E-state index is 11.9. The van der Waals surface area contributed by atoms with E-state index < -0.39 is 16.9 Å².